The third-order valence-electron chi connectivity index (χ3n) is 6.37. The lowest BCUT2D eigenvalue weighted by Gasteiger charge is -2.29. The van der Waals surface area contributed by atoms with E-state index in [1.165, 1.54) is 4.90 Å². The van der Waals surface area contributed by atoms with Crippen LogP contribution in [0, 0.1) is 5.92 Å². The number of Topliss-reactive ketones (excluding diaryl/α,β-unsaturated/α-hetero) is 1. The number of ketones is 1. The number of esters is 1. The number of nitrogens with zero attached hydrogens (tertiary/aromatic N) is 1. The predicted octanol–water partition coefficient (Wildman–Crippen LogP) is 2.97. The number of amides is 2. The molecule has 1 saturated heterocycles. The van der Waals surface area contributed by atoms with Crippen LogP contribution in [-0.4, -0.2) is 53.2 Å². The van der Waals surface area contributed by atoms with Crippen molar-refractivity contribution in [2.45, 2.75) is 77.5 Å². The fourth-order valence-corrected chi connectivity index (χ4v) is 4.49. The predicted molar refractivity (Wildman–Crippen MR) is 124 cm³/mol. The van der Waals surface area contributed by atoms with Gasteiger partial charge in [-0.1, -0.05) is 43.3 Å². The van der Waals surface area contributed by atoms with Crippen LogP contribution < -0.4 is 5.32 Å². The van der Waals surface area contributed by atoms with Crippen molar-refractivity contribution in [3.8, 4) is 0 Å². The van der Waals surface area contributed by atoms with Crippen LogP contribution in [0.3, 0.4) is 0 Å². The average Bonchev–Trinajstić information content (AvgIpc) is 3.27. The zero-order chi connectivity index (χ0) is 24.0. The monoisotopic (exact) mass is 454 g/mol. The number of carbonyl (C=O) groups is 4. The molecule has 7 nitrogen and oxygen atoms in total. The summed E-state index contributed by atoms with van der Waals surface area (Å²) < 4.78 is 5.68. The Morgan fingerprint density at radius 2 is 1.76 bits per heavy atom. The molecule has 0 bridgehead atoms. The summed E-state index contributed by atoms with van der Waals surface area (Å²) in [6, 6.07) is 7.87. The minimum Gasteiger partial charge on any atom is -0.461 e. The van der Waals surface area contributed by atoms with E-state index in [0.717, 1.165) is 12.0 Å². The number of cyclic esters (lactones) is 1. The lowest BCUT2D eigenvalue weighted by atomic mass is 9.98. The molecular weight excluding hydrogens is 420 g/mol. The molecule has 2 aliphatic rings. The fourth-order valence-electron chi connectivity index (χ4n) is 4.49. The highest BCUT2D eigenvalue weighted by atomic mass is 16.5. The lowest BCUT2D eigenvalue weighted by molar-refractivity contribution is -0.158. The Balaban J connectivity index is 1.89. The summed E-state index contributed by atoms with van der Waals surface area (Å²) in [5.41, 5.74) is 1.41. The van der Waals surface area contributed by atoms with Gasteiger partial charge in [-0.05, 0) is 56.6 Å². The normalized spacial score (nSPS) is 28.1. The molecule has 33 heavy (non-hydrogen) atoms. The topological polar surface area (TPSA) is 92.8 Å². The molecule has 7 heteroatoms. The number of nitrogens with one attached hydrogen (secondary N) is 1. The number of fused-ring (bicyclic) bond motifs is 1. The first-order valence-corrected chi connectivity index (χ1v) is 11.8. The van der Waals surface area contributed by atoms with Crippen LogP contribution in [0.25, 0.3) is 0 Å². The van der Waals surface area contributed by atoms with Crippen molar-refractivity contribution < 1.29 is 23.9 Å². The summed E-state index contributed by atoms with van der Waals surface area (Å²) in [5, 5.41) is 2.77. The summed E-state index contributed by atoms with van der Waals surface area (Å²) in [6.45, 7) is 6.00. The van der Waals surface area contributed by atoms with E-state index in [2.05, 4.69) is 5.32 Å². The van der Waals surface area contributed by atoms with Crippen LogP contribution in [0.2, 0.25) is 0 Å². The van der Waals surface area contributed by atoms with Crippen LogP contribution in [0.15, 0.2) is 42.0 Å². The van der Waals surface area contributed by atoms with Gasteiger partial charge in [0.25, 0.3) is 0 Å². The van der Waals surface area contributed by atoms with Crippen molar-refractivity contribution >= 4 is 23.6 Å². The van der Waals surface area contributed by atoms with Crippen LogP contribution >= 0.6 is 0 Å². The van der Waals surface area contributed by atoms with Crippen molar-refractivity contribution in [1.82, 2.24) is 10.2 Å². The van der Waals surface area contributed by atoms with Gasteiger partial charge in [-0.15, -0.1) is 0 Å². The first-order valence-electron chi connectivity index (χ1n) is 11.8. The first-order chi connectivity index (χ1) is 15.7. The zero-order valence-corrected chi connectivity index (χ0v) is 19.7. The van der Waals surface area contributed by atoms with E-state index in [4.69, 9.17) is 4.74 Å². The SMILES string of the molecule is CC1=C[C@H](C)CC[C@@H](C)OC(=O)[C@@H]2CCCN2C(=O)[C@H](Cc2ccccc2)NC(=O)CC1=O. The summed E-state index contributed by atoms with van der Waals surface area (Å²) in [6.07, 6.45) is 4.19. The highest BCUT2D eigenvalue weighted by molar-refractivity contribution is 6.07. The standard InChI is InChI=1S/C26H34N2O5/c1-17-11-12-19(3)33-26(32)22-10-7-13-28(22)25(31)21(15-20-8-5-4-6-9-20)27-24(30)16-23(29)18(2)14-17/h4-6,8-9,14,17,19,21-22H,7,10-13,15-16H2,1-3H3,(H,27,30)/t17-,19-,21+,22+/m1/s1. The summed E-state index contributed by atoms with van der Waals surface area (Å²) in [4.78, 5) is 53.3. The van der Waals surface area contributed by atoms with Crippen LogP contribution in [0.4, 0.5) is 0 Å². The van der Waals surface area contributed by atoms with Gasteiger partial charge in [0, 0.05) is 13.0 Å². The molecular formula is C26H34N2O5. The van der Waals surface area contributed by atoms with E-state index < -0.39 is 18.0 Å². The van der Waals surface area contributed by atoms with Gasteiger partial charge < -0.3 is 15.0 Å². The van der Waals surface area contributed by atoms with Gasteiger partial charge in [0.05, 0.1) is 12.5 Å². The van der Waals surface area contributed by atoms with Crippen LogP contribution in [-0.2, 0) is 30.3 Å². The van der Waals surface area contributed by atoms with Crippen molar-refractivity contribution in [2.75, 3.05) is 6.54 Å². The Hall–Kier alpha value is -2.96. The first kappa shape index (κ1) is 24.7. The maximum absolute atomic E-state index is 13.5. The quantitative estimate of drug-likeness (QED) is 0.548. The number of hydrogen-bond acceptors (Lipinski definition) is 5. The van der Waals surface area contributed by atoms with Gasteiger partial charge >= 0.3 is 5.97 Å². The van der Waals surface area contributed by atoms with E-state index in [9.17, 15) is 19.2 Å². The zero-order valence-electron chi connectivity index (χ0n) is 19.7. The van der Waals surface area contributed by atoms with Gasteiger partial charge in [0.15, 0.2) is 5.78 Å². The van der Waals surface area contributed by atoms with Crippen molar-refractivity contribution in [2.24, 2.45) is 5.92 Å². The highest BCUT2D eigenvalue weighted by Crippen LogP contribution is 2.23. The second-order valence-electron chi connectivity index (χ2n) is 9.25. The average molecular weight is 455 g/mol. The van der Waals surface area contributed by atoms with E-state index in [0.29, 0.717) is 31.4 Å². The molecule has 178 valence electrons. The maximum atomic E-state index is 13.5. The van der Waals surface area contributed by atoms with E-state index in [-0.39, 0.29) is 42.5 Å². The van der Waals surface area contributed by atoms with Crippen LogP contribution in [0.5, 0.6) is 0 Å². The van der Waals surface area contributed by atoms with Gasteiger partial charge in [-0.3, -0.25) is 14.4 Å². The molecule has 1 aromatic rings. The van der Waals surface area contributed by atoms with Crippen LogP contribution in [0.1, 0.15) is 58.4 Å². The van der Waals surface area contributed by atoms with E-state index in [1.54, 1.807) is 6.92 Å². The fraction of sp³-hybridized carbons (Fsp3) is 0.538. The van der Waals surface area contributed by atoms with Gasteiger partial charge in [-0.25, -0.2) is 4.79 Å². The molecule has 0 saturated carbocycles. The number of allylic oxidation sites excluding steroid dienone is 2. The van der Waals surface area contributed by atoms with Gasteiger partial charge in [0.2, 0.25) is 11.8 Å². The second-order valence-corrected chi connectivity index (χ2v) is 9.25. The molecule has 2 amide bonds. The van der Waals surface area contributed by atoms with Gasteiger partial charge in [-0.2, -0.15) is 0 Å². The molecule has 0 spiro atoms. The number of hydrogen-bond donors (Lipinski definition) is 1. The largest absolute Gasteiger partial charge is 0.461 e. The smallest absolute Gasteiger partial charge is 0.329 e. The van der Waals surface area contributed by atoms with Crippen molar-refractivity contribution in [3.05, 3.63) is 47.5 Å². The molecule has 0 radical (unpaired) electrons. The van der Waals surface area contributed by atoms with Crippen molar-refractivity contribution in [1.29, 1.82) is 0 Å². The third kappa shape index (κ3) is 6.76. The van der Waals surface area contributed by atoms with Crippen molar-refractivity contribution in [3.63, 3.8) is 0 Å². The summed E-state index contributed by atoms with van der Waals surface area (Å²) in [5.74, 6) is -1.34. The Morgan fingerprint density at radius 3 is 2.48 bits per heavy atom. The summed E-state index contributed by atoms with van der Waals surface area (Å²) in [7, 11) is 0. The molecule has 2 heterocycles. The number of ether oxygens (including phenoxy) is 1. The molecule has 3 rings (SSSR count). The van der Waals surface area contributed by atoms with E-state index in [1.807, 2.05) is 50.3 Å². The Morgan fingerprint density at radius 1 is 1.03 bits per heavy atom. The molecule has 1 N–H and O–H groups in total. The Labute approximate surface area is 195 Å². The van der Waals surface area contributed by atoms with E-state index >= 15 is 0 Å². The Bertz CT molecular complexity index is 911. The molecule has 1 fully saturated rings. The maximum Gasteiger partial charge on any atom is 0.329 e. The second kappa shape index (κ2) is 11.3. The minimum atomic E-state index is -0.866. The molecule has 4 atom stereocenters. The Kier molecular flexibility index (Phi) is 8.42. The van der Waals surface area contributed by atoms with Gasteiger partial charge in [0.1, 0.15) is 12.1 Å². The minimum absolute atomic E-state index is 0.112. The molecule has 0 aliphatic carbocycles. The number of carbonyl (C=O) groups excluding carboxylic acids is 4. The summed E-state index contributed by atoms with van der Waals surface area (Å²) >= 11 is 0. The third-order valence-corrected chi connectivity index (χ3v) is 6.37. The lowest BCUT2D eigenvalue weighted by Crippen LogP contribution is -2.53. The highest BCUT2D eigenvalue weighted by Gasteiger charge is 2.39. The molecule has 1 aromatic carbocycles. The molecule has 0 unspecified atom stereocenters. The number of rotatable bonds is 2. The molecule has 0 aromatic heterocycles. The number of benzene rings is 1. The molecule has 2 aliphatic heterocycles.